The Kier molecular flexibility index (Phi) is 7.03. The lowest BCUT2D eigenvalue weighted by atomic mass is 10.1. The molecule has 0 unspecified atom stereocenters. The minimum absolute atomic E-state index is 0.0971. The third-order valence-corrected chi connectivity index (χ3v) is 5.85. The second-order valence-corrected chi connectivity index (χ2v) is 8.00. The summed E-state index contributed by atoms with van der Waals surface area (Å²) in [5, 5.41) is 14.0. The highest BCUT2D eigenvalue weighted by atomic mass is 19.1. The van der Waals surface area contributed by atoms with Gasteiger partial charge in [-0.05, 0) is 42.5 Å². The number of methoxy groups -OCH3 is 1. The van der Waals surface area contributed by atoms with Crippen LogP contribution in [0, 0.1) is 15.9 Å². The summed E-state index contributed by atoms with van der Waals surface area (Å²) in [7, 11) is 1.34. The lowest BCUT2D eigenvalue weighted by Crippen LogP contribution is -2.46. The fourth-order valence-electron chi connectivity index (χ4n) is 3.96. The van der Waals surface area contributed by atoms with Crippen molar-refractivity contribution >= 4 is 23.0 Å². The van der Waals surface area contributed by atoms with E-state index in [-0.39, 0.29) is 22.8 Å². The summed E-state index contributed by atoms with van der Waals surface area (Å²) < 4.78 is 18.9. The zero-order valence-electron chi connectivity index (χ0n) is 18.7. The van der Waals surface area contributed by atoms with Crippen LogP contribution in [0.3, 0.4) is 0 Å². The highest BCUT2D eigenvalue weighted by Gasteiger charge is 2.20. The summed E-state index contributed by atoms with van der Waals surface area (Å²) in [6.45, 7) is 3.87. The minimum atomic E-state index is -0.583. The van der Waals surface area contributed by atoms with Crippen molar-refractivity contribution in [2.45, 2.75) is 6.54 Å². The van der Waals surface area contributed by atoms with Crippen molar-refractivity contribution < 1.29 is 18.8 Å². The van der Waals surface area contributed by atoms with Crippen molar-refractivity contribution in [3.8, 4) is 5.75 Å². The maximum absolute atomic E-state index is 13.9. The molecule has 0 aromatic heterocycles. The Labute approximate surface area is 196 Å². The van der Waals surface area contributed by atoms with Gasteiger partial charge in [0.15, 0.2) is 5.75 Å². The zero-order valence-corrected chi connectivity index (χ0v) is 18.7. The first kappa shape index (κ1) is 23.2. The van der Waals surface area contributed by atoms with Crippen molar-refractivity contribution in [1.29, 1.82) is 0 Å². The van der Waals surface area contributed by atoms with E-state index in [1.807, 2.05) is 24.3 Å². The largest absolute Gasteiger partial charge is 0.490 e. The van der Waals surface area contributed by atoms with Crippen molar-refractivity contribution in [2.24, 2.45) is 0 Å². The number of benzene rings is 3. The van der Waals surface area contributed by atoms with E-state index in [0.29, 0.717) is 17.8 Å². The molecule has 3 aromatic rings. The molecule has 3 aromatic carbocycles. The van der Waals surface area contributed by atoms with Crippen LogP contribution in [-0.2, 0) is 6.54 Å². The van der Waals surface area contributed by atoms with Crippen molar-refractivity contribution in [1.82, 2.24) is 4.90 Å². The quantitative estimate of drug-likeness (QED) is 0.414. The van der Waals surface area contributed by atoms with Crippen molar-refractivity contribution in [3.63, 3.8) is 0 Å². The minimum Gasteiger partial charge on any atom is -0.490 e. The first-order valence-electron chi connectivity index (χ1n) is 10.9. The van der Waals surface area contributed by atoms with Crippen LogP contribution in [0.1, 0.15) is 15.9 Å². The number of nitro groups is 1. The Morgan fingerprint density at radius 3 is 2.41 bits per heavy atom. The molecular formula is C25H25FN4O4. The van der Waals surface area contributed by atoms with Gasteiger partial charge in [0.25, 0.3) is 5.91 Å². The average molecular weight is 464 g/mol. The van der Waals surface area contributed by atoms with E-state index in [4.69, 9.17) is 4.74 Å². The molecule has 1 saturated heterocycles. The number of carbonyl (C=O) groups excluding carboxylic acids is 1. The van der Waals surface area contributed by atoms with Gasteiger partial charge in [0.05, 0.1) is 12.0 Å². The fraction of sp³-hybridized carbons (Fsp3) is 0.240. The Balaban J connectivity index is 1.34. The number of piperazine rings is 1. The smallest absolute Gasteiger partial charge is 0.311 e. The normalized spacial score (nSPS) is 14.0. The molecule has 1 N–H and O–H groups in total. The fourth-order valence-corrected chi connectivity index (χ4v) is 3.96. The SMILES string of the molecule is COc1ccc(C(=O)Nc2ccc(N3CCN(Cc4ccccc4F)CC3)cc2)cc1[N+](=O)[O-]. The summed E-state index contributed by atoms with van der Waals surface area (Å²) in [4.78, 5) is 27.7. The Bertz CT molecular complexity index is 1180. The highest BCUT2D eigenvalue weighted by molar-refractivity contribution is 6.04. The third-order valence-electron chi connectivity index (χ3n) is 5.85. The lowest BCUT2D eigenvalue weighted by molar-refractivity contribution is -0.385. The van der Waals surface area contributed by atoms with Crippen LogP contribution >= 0.6 is 0 Å². The molecule has 176 valence electrons. The summed E-state index contributed by atoms with van der Waals surface area (Å²) in [5.74, 6) is -0.521. The van der Waals surface area contributed by atoms with Gasteiger partial charge in [0.1, 0.15) is 5.82 Å². The van der Waals surface area contributed by atoms with Gasteiger partial charge in [-0.3, -0.25) is 19.8 Å². The van der Waals surface area contributed by atoms with Crippen molar-refractivity contribution in [2.75, 3.05) is 43.5 Å². The van der Waals surface area contributed by atoms with Gasteiger partial charge in [-0.25, -0.2) is 4.39 Å². The summed E-state index contributed by atoms with van der Waals surface area (Å²) >= 11 is 0. The first-order chi connectivity index (χ1) is 16.4. The number of ether oxygens (including phenoxy) is 1. The molecule has 1 amide bonds. The molecule has 34 heavy (non-hydrogen) atoms. The number of nitrogens with zero attached hydrogens (tertiary/aromatic N) is 3. The van der Waals surface area contributed by atoms with Crippen LogP contribution in [0.15, 0.2) is 66.7 Å². The van der Waals surface area contributed by atoms with Crippen LogP contribution in [0.2, 0.25) is 0 Å². The molecule has 4 rings (SSSR count). The number of rotatable bonds is 7. The first-order valence-corrected chi connectivity index (χ1v) is 10.9. The molecule has 1 aliphatic rings. The zero-order chi connectivity index (χ0) is 24.1. The van der Waals surface area contributed by atoms with Crippen LogP contribution in [0.5, 0.6) is 5.75 Å². The average Bonchev–Trinajstić information content (AvgIpc) is 2.86. The third kappa shape index (κ3) is 5.32. The van der Waals surface area contributed by atoms with Gasteiger partial charge in [0, 0.05) is 61.3 Å². The van der Waals surface area contributed by atoms with E-state index in [1.54, 1.807) is 18.2 Å². The maximum atomic E-state index is 13.9. The number of nitrogens with one attached hydrogen (secondary N) is 1. The summed E-state index contributed by atoms with van der Waals surface area (Å²) in [6.07, 6.45) is 0. The maximum Gasteiger partial charge on any atom is 0.311 e. The number of anilines is 2. The van der Waals surface area contributed by atoms with Gasteiger partial charge in [-0.15, -0.1) is 0 Å². The Hall–Kier alpha value is -3.98. The molecule has 1 heterocycles. The molecule has 0 saturated carbocycles. The lowest BCUT2D eigenvalue weighted by Gasteiger charge is -2.36. The molecule has 8 nitrogen and oxygen atoms in total. The van der Waals surface area contributed by atoms with E-state index in [9.17, 15) is 19.3 Å². The standard InChI is InChI=1S/C25H25FN4O4/c1-34-24-11-6-18(16-23(24)30(32)33)25(31)27-20-7-9-21(10-8-20)29-14-12-28(13-15-29)17-19-4-2-3-5-22(19)26/h2-11,16H,12-15,17H2,1H3,(H,27,31). The molecule has 0 aliphatic carbocycles. The molecular weight excluding hydrogens is 439 g/mol. The summed E-state index contributed by atoms with van der Waals surface area (Å²) in [5.41, 5.74) is 2.23. The van der Waals surface area contributed by atoms with Gasteiger partial charge in [-0.2, -0.15) is 0 Å². The van der Waals surface area contributed by atoms with Crippen LogP contribution < -0.4 is 15.0 Å². The molecule has 0 bridgehead atoms. The van der Waals surface area contributed by atoms with E-state index >= 15 is 0 Å². The molecule has 1 aliphatic heterocycles. The number of hydrogen-bond acceptors (Lipinski definition) is 6. The summed E-state index contributed by atoms with van der Waals surface area (Å²) in [6, 6.07) is 18.4. The number of amides is 1. The van der Waals surface area contributed by atoms with E-state index in [1.165, 1.54) is 31.4 Å². The number of halogens is 1. The van der Waals surface area contributed by atoms with Gasteiger partial charge in [0.2, 0.25) is 0 Å². The van der Waals surface area contributed by atoms with Crippen LogP contribution in [-0.4, -0.2) is 49.0 Å². The van der Waals surface area contributed by atoms with Gasteiger partial charge in [-0.1, -0.05) is 18.2 Å². The van der Waals surface area contributed by atoms with Gasteiger partial charge < -0.3 is 15.0 Å². The second-order valence-electron chi connectivity index (χ2n) is 8.00. The van der Waals surface area contributed by atoms with Crippen LogP contribution in [0.4, 0.5) is 21.5 Å². The predicted molar refractivity (Wildman–Crippen MR) is 128 cm³/mol. The van der Waals surface area contributed by atoms with Gasteiger partial charge >= 0.3 is 5.69 Å². The number of nitro benzene ring substituents is 1. The van der Waals surface area contributed by atoms with E-state index in [0.717, 1.165) is 31.9 Å². The molecule has 9 heteroatoms. The van der Waals surface area contributed by atoms with E-state index < -0.39 is 10.8 Å². The number of carbonyl (C=O) groups is 1. The Morgan fingerprint density at radius 2 is 1.76 bits per heavy atom. The van der Waals surface area contributed by atoms with E-state index in [2.05, 4.69) is 15.1 Å². The monoisotopic (exact) mass is 464 g/mol. The van der Waals surface area contributed by atoms with Crippen molar-refractivity contribution in [3.05, 3.63) is 93.8 Å². The molecule has 1 fully saturated rings. The van der Waals surface area contributed by atoms with Crippen LogP contribution in [0.25, 0.3) is 0 Å². The predicted octanol–water partition coefficient (Wildman–Crippen LogP) is 4.32. The Morgan fingerprint density at radius 1 is 1.06 bits per heavy atom. The molecule has 0 radical (unpaired) electrons. The topological polar surface area (TPSA) is 88.0 Å². The molecule has 0 atom stereocenters. The number of hydrogen-bond donors (Lipinski definition) is 1. The second kappa shape index (κ2) is 10.3. The highest BCUT2D eigenvalue weighted by Crippen LogP contribution is 2.28. The molecule has 0 spiro atoms.